The predicted octanol–water partition coefficient (Wildman–Crippen LogP) is 6.63. The van der Waals surface area contributed by atoms with Crippen LogP contribution in [0.2, 0.25) is 0 Å². The normalized spacial score (nSPS) is 16.2. The molecule has 2 aromatic rings. The summed E-state index contributed by atoms with van der Waals surface area (Å²) in [6, 6.07) is 7.08. The van der Waals surface area contributed by atoms with Gasteiger partial charge in [-0.3, -0.25) is 9.97 Å². The fourth-order valence-corrected chi connectivity index (χ4v) is 3.59. The van der Waals surface area contributed by atoms with Gasteiger partial charge in [-0.25, -0.2) is 0 Å². The van der Waals surface area contributed by atoms with Crippen molar-refractivity contribution in [3.8, 4) is 23.9 Å². The first-order valence-corrected chi connectivity index (χ1v) is 13.0. The van der Waals surface area contributed by atoms with Gasteiger partial charge >= 0.3 is 0 Å². The van der Waals surface area contributed by atoms with Crippen molar-refractivity contribution in [2.45, 2.75) is 79.1 Å². The van der Waals surface area contributed by atoms with Gasteiger partial charge in [0.05, 0.1) is 11.1 Å². The molecule has 40 heavy (non-hydrogen) atoms. The summed E-state index contributed by atoms with van der Waals surface area (Å²) in [5, 5.41) is 38.9. The van der Waals surface area contributed by atoms with Gasteiger partial charge in [0, 0.05) is 63.4 Å². The standard InChI is InChI=1S/2C8H8N2O.2C8H12.2Ir/c2*1-5-3-6(2)10-8(11)7(5)4-9;2*1-2-4-6-8-7-5-3-1;;/h2*3H,1-2H3,(H,10,11);2*1-2,7-8H,3-6H2;;/p-2/b;;2*2-1-,8-7-;;. The van der Waals surface area contributed by atoms with Crippen LogP contribution in [0, 0.1) is 50.4 Å². The Labute approximate surface area is 267 Å². The van der Waals surface area contributed by atoms with Crippen molar-refractivity contribution in [3.63, 3.8) is 0 Å². The molecule has 0 bridgehead atoms. The number of allylic oxidation sites excluding steroid dienone is 8. The van der Waals surface area contributed by atoms with Crippen LogP contribution in [-0.2, 0) is 40.2 Å². The number of pyridine rings is 2. The van der Waals surface area contributed by atoms with Crippen LogP contribution in [0.15, 0.2) is 60.7 Å². The van der Waals surface area contributed by atoms with Crippen LogP contribution in [-0.4, -0.2) is 9.97 Å². The summed E-state index contributed by atoms with van der Waals surface area (Å²) in [5.74, 6) is -0.852. The molecule has 2 aliphatic rings. The average Bonchev–Trinajstić information content (AvgIpc) is 2.79. The van der Waals surface area contributed by atoms with Crippen molar-refractivity contribution in [2.75, 3.05) is 0 Å². The van der Waals surface area contributed by atoms with Crippen LogP contribution >= 0.6 is 0 Å². The van der Waals surface area contributed by atoms with Gasteiger partial charge in [0.25, 0.3) is 0 Å². The van der Waals surface area contributed by atoms with Crippen molar-refractivity contribution in [1.29, 1.82) is 10.5 Å². The Morgan fingerprint density at radius 3 is 0.925 bits per heavy atom. The molecule has 0 fully saturated rings. The van der Waals surface area contributed by atoms with Crippen LogP contribution in [0.25, 0.3) is 0 Å². The Hall–Kier alpha value is -2.86. The number of nitrogens with zero attached hydrogens (tertiary/aromatic N) is 4. The number of aryl methyl sites for hydroxylation is 4. The second-order valence-corrected chi connectivity index (χ2v) is 8.94. The number of nitriles is 2. The molecule has 0 saturated heterocycles. The van der Waals surface area contributed by atoms with E-state index in [1.165, 1.54) is 51.4 Å². The zero-order valence-corrected chi connectivity index (χ0v) is 28.5. The minimum absolute atomic E-state index is 0. The molecule has 0 unspecified atom stereocenters. The molecule has 0 spiro atoms. The molecule has 6 nitrogen and oxygen atoms in total. The van der Waals surface area contributed by atoms with Crippen molar-refractivity contribution in [3.05, 3.63) is 94.4 Å². The molecule has 8 heteroatoms. The minimum Gasteiger partial charge on any atom is -0.858 e. The second kappa shape index (κ2) is 24.0. The van der Waals surface area contributed by atoms with E-state index in [0.717, 1.165) is 0 Å². The molecule has 2 heterocycles. The quantitative estimate of drug-likeness (QED) is 0.274. The molecule has 0 aromatic carbocycles. The van der Waals surface area contributed by atoms with Gasteiger partial charge in [0.2, 0.25) is 0 Å². The Morgan fingerprint density at radius 2 is 0.750 bits per heavy atom. The van der Waals surface area contributed by atoms with Crippen LogP contribution in [0.4, 0.5) is 0 Å². The van der Waals surface area contributed by atoms with Crippen molar-refractivity contribution >= 4 is 0 Å². The van der Waals surface area contributed by atoms with E-state index >= 15 is 0 Å². The Bertz CT molecular complexity index is 1030. The molecule has 0 N–H and O–H groups in total. The number of aromatic nitrogens is 2. The van der Waals surface area contributed by atoms with Gasteiger partial charge in [0.15, 0.2) is 0 Å². The molecule has 4 rings (SSSR count). The van der Waals surface area contributed by atoms with E-state index in [0.29, 0.717) is 22.5 Å². The molecular formula is C32H38Ir2N4O2-2. The molecule has 0 atom stereocenters. The molecule has 2 aliphatic carbocycles. The summed E-state index contributed by atoms with van der Waals surface area (Å²) >= 11 is 0. The summed E-state index contributed by atoms with van der Waals surface area (Å²) in [4.78, 5) is 7.25. The van der Waals surface area contributed by atoms with E-state index in [1.54, 1.807) is 39.8 Å². The Morgan fingerprint density at radius 1 is 0.525 bits per heavy atom. The van der Waals surface area contributed by atoms with Crippen molar-refractivity contribution in [2.24, 2.45) is 0 Å². The first kappa shape index (κ1) is 39.3. The molecular weight excluding hydrogens is 857 g/mol. The van der Waals surface area contributed by atoms with Gasteiger partial charge in [-0.1, -0.05) is 48.6 Å². The maximum atomic E-state index is 11.0. The molecule has 2 aromatic heterocycles. The topological polar surface area (TPSA) is 119 Å². The summed E-state index contributed by atoms with van der Waals surface area (Å²) in [5.41, 5.74) is 3.01. The fraction of sp³-hybridized carbons (Fsp3) is 0.375. The van der Waals surface area contributed by atoms with Crippen molar-refractivity contribution in [1.82, 2.24) is 9.97 Å². The average molecular weight is 895 g/mol. The summed E-state index contributed by atoms with van der Waals surface area (Å²) in [6.07, 6.45) is 28.0. The van der Waals surface area contributed by atoms with Gasteiger partial charge in [-0.05, 0) is 102 Å². The molecule has 2 radical (unpaired) electrons. The van der Waals surface area contributed by atoms with Gasteiger partial charge < -0.3 is 10.2 Å². The smallest absolute Gasteiger partial charge is 0.100 e. The zero-order chi connectivity index (χ0) is 28.2. The third-order valence-corrected chi connectivity index (χ3v) is 5.51. The molecule has 0 aliphatic heterocycles. The van der Waals surface area contributed by atoms with Crippen LogP contribution in [0.1, 0.15) is 85.0 Å². The van der Waals surface area contributed by atoms with E-state index in [2.05, 4.69) is 58.6 Å². The van der Waals surface area contributed by atoms with E-state index in [4.69, 9.17) is 10.5 Å². The Kier molecular flexibility index (Phi) is 23.5. The molecule has 218 valence electrons. The third-order valence-electron chi connectivity index (χ3n) is 5.51. The SMILES string of the molecule is C1=C\CC/C=C\CC/1.C1=C\CC/C=C\CC/1.Cc1cc(C)c(C#N)c([O-])n1.Cc1cc(C)c(C#N)c([O-])n1.[Ir].[Ir]. The van der Waals surface area contributed by atoms with Gasteiger partial charge in [0.1, 0.15) is 12.1 Å². The van der Waals surface area contributed by atoms with Crippen LogP contribution < -0.4 is 10.2 Å². The molecule has 0 saturated carbocycles. The summed E-state index contributed by atoms with van der Waals surface area (Å²) in [6.45, 7) is 6.92. The van der Waals surface area contributed by atoms with Crippen molar-refractivity contribution < 1.29 is 50.4 Å². The first-order valence-electron chi connectivity index (χ1n) is 13.0. The molecule has 0 amide bonds. The van der Waals surface area contributed by atoms with Gasteiger partial charge in [-0.2, -0.15) is 10.5 Å². The van der Waals surface area contributed by atoms with E-state index in [9.17, 15) is 10.2 Å². The van der Waals surface area contributed by atoms with E-state index in [-0.39, 0.29) is 51.3 Å². The third kappa shape index (κ3) is 17.0. The van der Waals surface area contributed by atoms with Crippen LogP contribution in [0.5, 0.6) is 11.8 Å². The minimum atomic E-state index is -0.426. The van der Waals surface area contributed by atoms with E-state index < -0.39 is 11.8 Å². The van der Waals surface area contributed by atoms with E-state index in [1.807, 2.05) is 12.1 Å². The maximum Gasteiger partial charge on any atom is 0.100 e. The monoisotopic (exact) mass is 896 g/mol. The first-order chi connectivity index (χ1) is 18.3. The maximum absolute atomic E-state index is 11.0. The largest absolute Gasteiger partial charge is 0.858 e. The predicted molar refractivity (Wildman–Crippen MR) is 149 cm³/mol. The van der Waals surface area contributed by atoms with Crippen LogP contribution in [0.3, 0.4) is 0 Å². The summed E-state index contributed by atoms with van der Waals surface area (Å²) in [7, 11) is 0. The number of rotatable bonds is 0. The van der Waals surface area contributed by atoms with Gasteiger partial charge in [-0.15, -0.1) is 0 Å². The Balaban J connectivity index is 0. The second-order valence-electron chi connectivity index (χ2n) is 8.94. The zero-order valence-electron chi connectivity index (χ0n) is 23.7. The fourth-order valence-electron chi connectivity index (χ4n) is 3.59. The number of hydrogen-bond acceptors (Lipinski definition) is 6. The summed E-state index contributed by atoms with van der Waals surface area (Å²) < 4.78 is 0. The number of hydrogen-bond donors (Lipinski definition) is 0.